The van der Waals surface area contributed by atoms with Crippen LogP contribution in [0.1, 0.15) is 0 Å². The SMILES string of the molecule is CN1CCO[C@@H](C(=O)Nc2ccc(-n3ncc4ccccc43)cc2)C1. The summed E-state index contributed by atoms with van der Waals surface area (Å²) in [5, 5.41) is 8.46. The highest BCUT2D eigenvalue weighted by atomic mass is 16.5. The standard InChI is InChI=1S/C19H20N4O2/c1-22-10-11-25-18(13-22)19(24)21-15-6-8-16(9-7-15)23-17-5-3-2-4-14(17)12-20-23/h2-9,12,18H,10-11,13H2,1H3,(H,21,24)/t18-/m1/s1. The van der Waals surface area contributed by atoms with Gasteiger partial charge in [0, 0.05) is 24.2 Å². The molecule has 0 unspecified atom stereocenters. The van der Waals surface area contributed by atoms with Crippen molar-refractivity contribution in [3.05, 3.63) is 54.7 Å². The predicted octanol–water partition coefficient (Wildman–Crippen LogP) is 2.29. The zero-order valence-electron chi connectivity index (χ0n) is 14.1. The van der Waals surface area contributed by atoms with Gasteiger partial charge in [-0.25, -0.2) is 4.68 Å². The number of aromatic nitrogens is 2. The van der Waals surface area contributed by atoms with Gasteiger partial charge < -0.3 is 15.0 Å². The van der Waals surface area contributed by atoms with Crippen LogP contribution in [0, 0.1) is 0 Å². The Morgan fingerprint density at radius 2 is 2.00 bits per heavy atom. The van der Waals surface area contributed by atoms with Crippen molar-refractivity contribution in [3.8, 4) is 5.69 Å². The number of ether oxygens (including phenoxy) is 1. The second-order valence-electron chi connectivity index (χ2n) is 6.27. The van der Waals surface area contributed by atoms with E-state index in [0.29, 0.717) is 13.2 Å². The van der Waals surface area contributed by atoms with Crippen molar-refractivity contribution in [1.82, 2.24) is 14.7 Å². The minimum Gasteiger partial charge on any atom is -0.366 e. The van der Waals surface area contributed by atoms with Crippen LogP contribution in [0.5, 0.6) is 0 Å². The van der Waals surface area contributed by atoms with Crippen LogP contribution < -0.4 is 5.32 Å². The normalized spacial score (nSPS) is 18.4. The van der Waals surface area contributed by atoms with Crippen LogP contribution in [-0.4, -0.2) is 53.4 Å². The molecule has 6 nitrogen and oxygen atoms in total. The van der Waals surface area contributed by atoms with E-state index < -0.39 is 6.10 Å². The third-order valence-corrected chi connectivity index (χ3v) is 4.42. The van der Waals surface area contributed by atoms with Crippen LogP contribution in [0.3, 0.4) is 0 Å². The molecule has 1 aliphatic rings. The Labute approximate surface area is 146 Å². The highest BCUT2D eigenvalue weighted by Crippen LogP contribution is 2.19. The van der Waals surface area contributed by atoms with Crippen LogP contribution in [0.15, 0.2) is 54.7 Å². The Morgan fingerprint density at radius 1 is 1.20 bits per heavy atom. The molecule has 0 radical (unpaired) electrons. The van der Waals surface area contributed by atoms with Gasteiger partial charge >= 0.3 is 0 Å². The Hall–Kier alpha value is -2.70. The summed E-state index contributed by atoms with van der Waals surface area (Å²) in [4.78, 5) is 14.4. The van der Waals surface area contributed by atoms with E-state index in [1.165, 1.54) is 0 Å². The number of fused-ring (bicyclic) bond motifs is 1. The Balaban J connectivity index is 1.49. The van der Waals surface area contributed by atoms with Gasteiger partial charge in [-0.15, -0.1) is 0 Å². The summed E-state index contributed by atoms with van der Waals surface area (Å²) < 4.78 is 7.43. The van der Waals surface area contributed by atoms with Crippen molar-refractivity contribution >= 4 is 22.5 Å². The molecule has 6 heteroatoms. The summed E-state index contributed by atoms with van der Waals surface area (Å²) in [6.07, 6.45) is 1.43. The highest BCUT2D eigenvalue weighted by molar-refractivity contribution is 5.94. The van der Waals surface area contributed by atoms with E-state index in [1.807, 2.05) is 66.5 Å². The largest absolute Gasteiger partial charge is 0.366 e. The monoisotopic (exact) mass is 336 g/mol. The van der Waals surface area contributed by atoms with E-state index in [4.69, 9.17) is 4.74 Å². The smallest absolute Gasteiger partial charge is 0.254 e. The van der Waals surface area contributed by atoms with E-state index in [1.54, 1.807) is 0 Å². The van der Waals surface area contributed by atoms with Crippen molar-refractivity contribution in [2.24, 2.45) is 0 Å². The zero-order valence-corrected chi connectivity index (χ0v) is 14.1. The van der Waals surface area contributed by atoms with Crippen LogP contribution in [0.25, 0.3) is 16.6 Å². The number of benzene rings is 2. The molecule has 3 aromatic rings. The number of hydrogen-bond donors (Lipinski definition) is 1. The fraction of sp³-hybridized carbons (Fsp3) is 0.263. The molecule has 1 fully saturated rings. The van der Waals surface area contributed by atoms with Crippen molar-refractivity contribution in [2.45, 2.75) is 6.10 Å². The third kappa shape index (κ3) is 3.26. The molecule has 0 spiro atoms. The average molecular weight is 336 g/mol. The molecule has 1 atom stereocenters. The lowest BCUT2D eigenvalue weighted by molar-refractivity contribution is -0.132. The van der Waals surface area contributed by atoms with E-state index in [9.17, 15) is 4.79 Å². The molecule has 0 saturated carbocycles. The molecule has 128 valence electrons. The Bertz CT molecular complexity index is 888. The van der Waals surface area contributed by atoms with Crippen molar-refractivity contribution in [3.63, 3.8) is 0 Å². The quantitative estimate of drug-likeness (QED) is 0.797. The van der Waals surface area contributed by atoms with Gasteiger partial charge in [-0.3, -0.25) is 4.79 Å². The zero-order chi connectivity index (χ0) is 17.2. The molecule has 2 aromatic carbocycles. The Kier molecular flexibility index (Phi) is 4.21. The van der Waals surface area contributed by atoms with Gasteiger partial charge in [-0.2, -0.15) is 5.10 Å². The summed E-state index contributed by atoms with van der Waals surface area (Å²) in [7, 11) is 1.99. The summed E-state index contributed by atoms with van der Waals surface area (Å²) in [6.45, 7) is 2.05. The second-order valence-corrected chi connectivity index (χ2v) is 6.27. The van der Waals surface area contributed by atoms with Gasteiger partial charge in [-0.1, -0.05) is 18.2 Å². The van der Waals surface area contributed by atoms with Crippen molar-refractivity contribution in [2.75, 3.05) is 32.1 Å². The highest BCUT2D eigenvalue weighted by Gasteiger charge is 2.24. The first-order valence-corrected chi connectivity index (χ1v) is 8.35. The van der Waals surface area contributed by atoms with Crippen LogP contribution >= 0.6 is 0 Å². The lowest BCUT2D eigenvalue weighted by Crippen LogP contribution is -2.46. The number of anilines is 1. The van der Waals surface area contributed by atoms with E-state index in [0.717, 1.165) is 28.8 Å². The van der Waals surface area contributed by atoms with Crippen molar-refractivity contribution in [1.29, 1.82) is 0 Å². The molecule has 1 amide bonds. The minimum absolute atomic E-state index is 0.108. The van der Waals surface area contributed by atoms with E-state index in [-0.39, 0.29) is 5.91 Å². The first-order chi connectivity index (χ1) is 12.2. The Morgan fingerprint density at radius 3 is 2.80 bits per heavy atom. The fourth-order valence-electron chi connectivity index (χ4n) is 3.02. The number of nitrogens with zero attached hydrogens (tertiary/aromatic N) is 3. The van der Waals surface area contributed by atoms with Crippen LogP contribution in [-0.2, 0) is 9.53 Å². The molecule has 1 aliphatic heterocycles. The summed E-state index contributed by atoms with van der Waals surface area (Å²) >= 11 is 0. The van der Waals surface area contributed by atoms with Gasteiger partial charge in [0.2, 0.25) is 0 Å². The summed E-state index contributed by atoms with van der Waals surface area (Å²) in [5.74, 6) is -0.108. The molecular formula is C19H20N4O2. The van der Waals surface area contributed by atoms with Crippen molar-refractivity contribution < 1.29 is 9.53 Å². The van der Waals surface area contributed by atoms with E-state index in [2.05, 4.69) is 15.3 Å². The first-order valence-electron chi connectivity index (χ1n) is 8.35. The van der Waals surface area contributed by atoms with Gasteiger partial charge in [0.15, 0.2) is 0 Å². The number of morpholine rings is 1. The molecule has 2 heterocycles. The maximum absolute atomic E-state index is 12.3. The third-order valence-electron chi connectivity index (χ3n) is 4.42. The van der Waals surface area contributed by atoms with Gasteiger partial charge in [0.1, 0.15) is 6.10 Å². The summed E-state index contributed by atoms with van der Waals surface area (Å²) in [5.41, 5.74) is 2.76. The predicted molar refractivity (Wildman–Crippen MR) is 96.9 cm³/mol. The number of para-hydroxylation sites is 1. The molecule has 0 bridgehead atoms. The van der Waals surface area contributed by atoms with Gasteiger partial charge in [-0.05, 0) is 37.4 Å². The lowest BCUT2D eigenvalue weighted by Gasteiger charge is -2.29. The molecule has 1 aromatic heterocycles. The number of carbonyl (C=O) groups excluding carboxylic acids is 1. The van der Waals surface area contributed by atoms with Gasteiger partial charge in [0.25, 0.3) is 5.91 Å². The first kappa shape index (κ1) is 15.8. The fourth-order valence-corrected chi connectivity index (χ4v) is 3.02. The number of likely N-dealkylation sites (N-methyl/N-ethyl adjacent to an activating group) is 1. The maximum atomic E-state index is 12.3. The summed E-state index contributed by atoms with van der Waals surface area (Å²) in [6, 6.07) is 15.7. The number of amides is 1. The maximum Gasteiger partial charge on any atom is 0.254 e. The molecular weight excluding hydrogens is 316 g/mol. The van der Waals surface area contributed by atoms with E-state index >= 15 is 0 Å². The minimum atomic E-state index is -0.423. The number of hydrogen-bond acceptors (Lipinski definition) is 4. The molecule has 1 saturated heterocycles. The number of rotatable bonds is 3. The number of carbonyl (C=O) groups is 1. The van der Waals surface area contributed by atoms with Crippen LogP contribution in [0.4, 0.5) is 5.69 Å². The molecule has 1 N–H and O–H groups in total. The lowest BCUT2D eigenvalue weighted by atomic mass is 10.2. The topological polar surface area (TPSA) is 59.4 Å². The number of nitrogens with one attached hydrogen (secondary N) is 1. The van der Waals surface area contributed by atoms with Crippen LogP contribution in [0.2, 0.25) is 0 Å². The molecule has 0 aliphatic carbocycles. The molecule has 25 heavy (non-hydrogen) atoms. The molecule has 4 rings (SSSR count). The van der Waals surface area contributed by atoms with Gasteiger partial charge in [0.05, 0.1) is 24.0 Å². The second kappa shape index (κ2) is 6.66. The average Bonchev–Trinajstić information content (AvgIpc) is 3.06.